The van der Waals surface area contributed by atoms with Crippen molar-refractivity contribution in [1.82, 2.24) is 0 Å². The van der Waals surface area contributed by atoms with Crippen molar-refractivity contribution in [2.24, 2.45) is 5.73 Å². The van der Waals surface area contributed by atoms with Crippen LogP contribution in [0.1, 0.15) is 29.7 Å². The monoisotopic (exact) mass is 367 g/mol. The van der Waals surface area contributed by atoms with Crippen LogP contribution >= 0.6 is 27.5 Å². The normalized spacial score (nSPS) is 20.6. The first-order valence-corrected chi connectivity index (χ1v) is 7.80. The first-order valence-electron chi connectivity index (χ1n) is 6.63. The summed E-state index contributed by atoms with van der Waals surface area (Å²) in [7, 11) is 1.64. The van der Waals surface area contributed by atoms with Gasteiger partial charge in [0.25, 0.3) is 0 Å². The van der Waals surface area contributed by atoms with Gasteiger partial charge in [0.05, 0.1) is 7.11 Å². The van der Waals surface area contributed by atoms with Crippen LogP contribution in [0.15, 0.2) is 40.9 Å². The van der Waals surface area contributed by atoms with E-state index in [9.17, 15) is 0 Å². The van der Waals surface area contributed by atoms with Gasteiger partial charge < -0.3 is 15.2 Å². The number of methoxy groups -OCH3 is 1. The van der Waals surface area contributed by atoms with E-state index in [4.69, 9.17) is 26.8 Å². The fourth-order valence-electron chi connectivity index (χ4n) is 2.56. The molecule has 1 aliphatic rings. The molecule has 0 spiro atoms. The van der Waals surface area contributed by atoms with Gasteiger partial charge >= 0.3 is 0 Å². The van der Waals surface area contributed by atoms with Crippen molar-refractivity contribution in [1.29, 1.82) is 0 Å². The number of hydrogen-bond donors (Lipinski definition) is 1. The van der Waals surface area contributed by atoms with E-state index >= 15 is 0 Å². The van der Waals surface area contributed by atoms with Crippen molar-refractivity contribution >= 4 is 27.5 Å². The Balaban J connectivity index is 1.96. The van der Waals surface area contributed by atoms with Crippen molar-refractivity contribution in [3.8, 4) is 11.5 Å². The molecule has 2 unspecified atom stereocenters. The third-order valence-electron chi connectivity index (χ3n) is 3.66. The molecule has 0 aromatic heterocycles. The molecule has 2 N–H and O–H groups in total. The van der Waals surface area contributed by atoms with Crippen LogP contribution in [-0.4, -0.2) is 7.11 Å². The Morgan fingerprint density at radius 2 is 2.05 bits per heavy atom. The predicted molar refractivity (Wildman–Crippen MR) is 87.1 cm³/mol. The second kappa shape index (κ2) is 5.87. The summed E-state index contributed by atoms with van der Waals surface area (Å²) in [5.41, 5.74) is 8.29. The summed E-state index contributed by atoms with van der Waals surface area (Å²) >= 11 is 9.64. The zero-order chi connectivity index (χ0) is 15.0. The van der Waals surface area contributed by atoms with E-state index in [1.165, 1.54) is 0 Å². The molecule has 0 fully saturated rings. The van der Waals surface area contributed by atoms with Gasteiger partial charge in [-0.15, -0.1) is 0 Å². The average molecular weight is 369 g/mol. The Morgan fingerprint density at radius 3 is 2.81 bits per heavy atom. The molecule has 2 aromatic carbocycles. The lowest BCUT2D eigenvalue weighted by Gasteiger charge is -2.31. The van der Waals surface area contributed by atoms with Crippen LogP contribution in [0.25, 0.3) is 0 Å². The maximum atomic E-state index is 6.30. The molecule has 0 bridgehead atoms. The van der Waals surface area contributed by atoms with Crippen molar-refractivity contribution in [3.05, 3.63) is 57.0 Å². The lowest BCUT2D eigenvalue weighted by molar-refractivity contribution is 0.160. The largest absolute Gasteiger partial charge is 0.497 e. The van der Waals surface area contributed by atoms with Crippen LogP contribution in [-0.2, 0) is 0 Å². The number of rotatable bonds is 2. The highest BCUT2D eigenvalue weighted by Gasteiger charge is 2.28. The zero-order valence-corrected chi connectivity index (χ0v) is 13.8. The highest BCUT2D eigenvalue weighted by Crippen LogP contribution is 2.43. The van der Waals surface area contributed by atoms with Gasteiger partial charge in [-0.3, -0.25) is 0 Å². The molecule has 0 radical (unpaired) electrons. The average Bonchev–Trinajstić information content (AvgIpc) is 2.49. The maximum absolute atomic E-state index is 6.30. The quantitative estimate of drug-likeness (QED) is 0.840. The summed E-state index contributed by atoms with van der Waals surface area (Å²) in [6, 6.07) is 11.3. The van der Waals surface area contributed by atoms with E-state index in [1.807, 2.05) is 36.4 Å². The van der Waals surface area contributed by atoms with Crippen LogP contribution in [0, 0.1) is 0 Å². The molecular formula is C16H15BrClNO2. The maximum Gasteiger partial charge on any atom is 0.127 e. The van der Waals surface area contributed by atoms with Gasteiger partial charge in [0.1, 0.15) is 17.6 Å². The summed E-state index contributed by atoms with van der Waals surface area (Å²) in [5, 5.41) is 0.686. The lowest BCUT2D eigenvalue weighted by Crippen LogP contribution is -2.24. The minimum atomic E-state index is -0.117. The summed E-state index contributed by atoms with van der Waals surface area (Å²) in [4.78, 5) is 0. The van der Waals surface area contributed by atoms with Gasteiger partial charge in [-0.25, -0.2) is 0 Å². The Labute approximate surface area is 137 Å². The number of hydrogen-bond acceptors (Lipinski definition) is 3. The Hall–Kier alpha value is -1.23. The molecule has 1 heterocycles. The van der Waals surface area contributed by atoms with Crippen LogP contribution in [0.2, 0.25) is 5.02 Å². The molecule has 0 saturated heterocycles. The van der Waals surface area contributed by atoms with Crippen molar-refractivity contribution < 1.29 is 9.47 Å². The Bertz CT molecular complexity index is 677. The molecule has 1 aliphatic heterocycles. The topological polar surface area (TPSA) is 44.5 Å². The van der Waals surface area contributed by atoms with Crippen LogP contribution in [0.4, 0.5) is 0 Å². The van der Waals surface area contributed by atoms with E-state index in [1.54, 1.807) is 7.11 Å². The van der Waals surface area contributed by atoms with Crippen molar-refractivity contribution in [2.75, 3.05) is 7.11 Å². The van der Waals surface area contributed by atoms with Gasteiger partial charge in [0, 0.05) is 33.1 Å². The highest BCUT2D eigenvalue weighted by atomic mass is 79.9. The van der Waals surface area contributed by atoms with E-state index in [0.29, 0.717) is 11.4 Å². The number of nitrogens with two attached hydrogens (primary N) is 1. The summed E-state index contributed by atoms with van der Waals surface area (Å²) in [5.74, 6) is 1.58. The van der Waals surface area contributed by atoms with Crippen molar-refractivity contribution in [2.45, 2.75) is 18.6 Å². The molecule has 5 heteroatoms. The second-order valence-corrected chi connectivity index (χ2v) is 6.31. The molecular weight excluding hydrogens is 354 g/mol. The lowest BCUT2D eigenvalue weighted by atomic mass is 9.93. The summed E-state index contributed by atoms with van der Waals surface area (Å²) < 4.78 is 12.3. The number of ether oxygens (including phenoxy) is 2. The standard InChI is InChI=1S/C16H15BrClNO2/c1-20-10-3-5-15-12(7-10)14(19)8-16(21-15)11-6-9(18)2-4-13(11)17/h2-7,14,16H,8,19H2,1H3. The van der Waals surface area contributed by atoms with Gasteiger partial charge in [0.15, 0.2) is 0 Å². The summed E-state index contributed by atoms with van der Waals surface area (Å²) in [6.07, 6.45) is 0.577. The SMILES string of the molecule is COc1ccc2c(c1)C(N)CC(c1cc(Cl)ccc1Br)O2. The molecule has 0 saturated carbocycles. The minimum absolute atomic E-state index is 0.0975. The first-order chi connectivity index (χ1) is 10.1. The van der Waals surface area contributed by atoms with Crippen molar-refractivity contribution in [3.63, 3.8) is 0 Å². The molecule has 0 aliphatic carbocycles. The van der Waals surface area contributed by atoms with E-state index in [0.717, 1.165) is 27.1 Å². The molecule has 21 heavy (non-hydrogen) atoms. The van der Waals surface area contributed by atoms with Gasteiger partial charge in [-0.1, -0.05) is 27.5 Å². The Kier molecular flexibility index (Phi) is 4.11. The van der Waals surface area contributed by atoms with Gasteiger partial charge in [0.2, 0.25) is 0 Å². The third-order valence-corrected chi connectivity index (χ3v) is 4.62. The van der Waals surface area contributed by atoms with E-state index in [-0.39, 0.29) is 12.1 Å². The van der Waals surface area contributed by atoms with Gasteiger partial charge in [-0.2, -0.15) is 0 Å². The summed E-state index contributed by atoms with van der Waals surface area (Å²) in [6.45, 7) is 0. The Morgan fingerprint density at radius 1 is 1.24 bits per heavy atom. The second-order valence-electron chi connectivity index (χ2n) is 5.02. The smallest absolute Gasteiger partial charge is 0.127 e. The number of halogens is 2. The van der Waals surface area contributed by atoms with Gasteiger partial charge in [-0.05, 0) is 36.4 Å². The highest BCUT2D eigenvalue weighted by molar-refractivity contribution is 9.10. The van der Waals surface area contributed by atoms with Crippen LogP contribution in [0.5, 0.6) is 11.5 Å². The minimum Gasteiger partial charge on any atom is -0.497 e. The molecule has 3 nitrogen and oxygen atoms in total. The molecule has 110 valence electrons. The fourth-order valence-corrected chi connectivity index (χ4v) is 3.24. The van der Waals surface area contributed by atoms with E-state index < -0.39 is 0 Å². The number of benzene rings is 2. The van der Waals surface area contributed by atoms with Crippen LogP contribution in [0.3, 0.4) is 0 Å². The van der Waals surface area contributed by atoms with E-state index in [2.05, 4.69) is 15.9 Å². The molecule has 0 amide bonds. The fraction of sp³-hybridized carbons (Fsp3) is 0.250. The zero-order valence-electron chi connectivity index (χ0n) is 11.5. The predicted octanol–water partition coefficient (Wildman–Crippen LogP) is 4.63. The third kappa shape index (κ3) is 2.89. The molecule has 2 aromatic rings. The molecule has 2 atom stereocenters. The number of fused-ring (bicyclic) bond motifs is 1. The first kappa shape index (κ1) is 14.7. The van der Waals surface area contributed by atoms with Crippen LogP contribution < -0.4 is 15.2 Å². The molecule has 3 rings (SSSR count).